The number of carboxylic acids is 1. The third-order valence-corrected chi connectivity index (χ3v) is 8.36. The predicted molar refractivity (Wildman–Crippen MR) is 120 cm³/mol. The van der Waals surface area contributed by atoms with Gasteiger partial charge in [0, 0.05) is 16.4 Å². The van der Waals surface area contributed by atoms with Crippen molar-refractivity contribution in [2.24, 2.45) is 0 Å². The monoisotopic (exact) mass is 488 g/mol. The lowest BCUT2D eigenvalue weighted by atomic mass is 10.0. The molecule has 0 saturated carbocycles. The van der Waals surface area contributed by atoms with Crippen molar-refractivity contribution >= 4 is 63.7 Å². The molecular formula is C19H16N6O4S3. The Kier molecular flexibility index (Phi) is 5.61. The lowest BCUT2D eigenvalue weighted by Crippen LogP contribution is -2.70. The summed E-state index contributed by atoms with van der Waals surface area (Å²) in [5.74, 6) is -1.01. The minimum atomic E-state index is -1.16. The molecule has 3 aromatic rings. The van der Waals surface area contributed by atoms with Gasteiger partial charge in [-0.25, -0.2) is 14.8 Å². The van der Waals surface area contributed by atoms with Crippen LogP contribution in [0.4, 0.5) is 0 Å². The molecule has 1 unspecified atom stereocenters. The summed E-state index contributed by atoms with van der Waals surface area (Å²) in [4.78, 5) is 47.7. The van der Waals surface area contributed by atoms with Crippen LogP contribution in [0.25, 0.3) is 11.0 Å². The molecule has 2 amide bonds. The van der Waals surface area contributed by atoms with Crippen molar-refractivity contribution in [3.05, 3.63) is 46.2 Å². The second kappa shape index (κ2) is 8.56. The SMILES string of the molecule is O=C(Cc1cccs1)NC1C(=O)N2C(C(=O)O)=C(CSc3ncnc4cn[nH]c34)CS[C@@H]12. The van der Waals surface area contributed by atoms with E-state index in [-0.39, 0.29) is 18.0 Å². The molecule has 1 fully saturated rings. The van der Waals surface area contributed by atoms with Crippen LogP contribution >= 0.6 is 34.9 Å². The number of thiophene rings is 1. The molecule has 0 bridgehead atoms. The van der Waals surface area contributed by atoms with Crippen LogP contribution in [0.1, 0.15) is 4.88 Å². The Balaban J connectivity index is 1.30. The molecule has 32 heavy (non-hydrogen) atoms. The predicted octanol–water partition coefficient (Wildman–Crippen LogP) is 1.49. The van der Waals surface area contributed by atoms with E-state index in [0.717, 1.165) is 4.88 Å². The summed E-state index contributed by atoms with van der Waals surface area (Å²) in [5, 5.41) is 21.5. The van der Waals surface area contributed by atoms with E-state index in [4.69, 9.17) is 0 Å². The molecule has 2 aliphatic rings. The lowest BCUT2D eigenvalue weighted by Gasteiger charge is -2.49. The average molecular weight is 489 g/mol. The standard InChI is InChI=1S/C19H16N6O4S3/c26-12(4-10-2-1-3-30-10)23-14-17(27)25-15(19(28)29)9(7-32-18(14)25)6-31-16-13-11(5-22-24-13)20-8-21-16/h1-3,5,8,14,18H,4,6-7H2,(H,22,24)(H,23,26)(H,28,29)/t14?,18-/m0/s1. The number of H-pyrrole nitrogens is 1. The maximum absolute atomic E-state index is 12.8. The third-order valence-electron chi connectivity index (χ3n) is 5.07. The van der Waals surface area contributed by atoms with Gasteiger partial charge in [0.05, 0.1) is 12.6 Å². The minimum absolute atomic E-state index is 0.00934. The van der Waals surface area contributed by atoms with Crippen molar-refractivity contribution in [3.8, 4) is 0 Å². The molecule has 5 heterocycles. The average Bonchev–Trinajstić information content (AvgIpc) is 3.47. The summed E-state index contributed by atoms with van der Waals surface area (Å²) in [6.45, 7) is 0. The van der Waals surface area contributed by atoms with Crippen LogP contribution in [0.15, 0.2) is 46.3 Å². The van der Waals surface area contributed by atoms with Gasteiger partial charge in [-0.05, 0) is 17.0 Å². The number of carbonyl (C=O) groups is 3. The largest absolute Gasteiger partial charge is 0.477 e. The highest BCUT2D eigenvalue weighted by atomic mass is 32.2. The van der Waals surface area contributed by atoms with E-state index in [2.05, 4.69) is 25.5 Å². The fourth-order valence-corrected chi connectivity index (χ4v) is 6.74. The first-order chi connectivity index (χ1) is 15.5. The summed E-state index contributed by atoms with van der Waals surface area (Å²) in [7, 11) is 0. The smallest absolute Gasteiger partial charge is 0.352 e. The van der Waals surface area contributed by atoms with Gasteiger partial charge in [0.2, 0.25) is 5.91 Å². The number of aliphatic carboxylic acids is 1. The number of β-lactam (4-membered cyclic amide) rings is 1. The number of thioether (sulfide) groups is 2. The Morgan fingerprint density at radius 2 is 2.25 bits per heavy atom. The van der Waals surface area contributed by atoms with Gasteiger partial charge in [-0.15, -0.1) is 23.1 Å². The highest BCUT2D eigenvalue weighted by Crippen LogP contribution is 2.41. The Morgan fingerprint density at radius 3 is 3.03 bits per heavy atom. The van der Waals surface area contributed by atoms with Crippen LogP contribution < -0.4 is 5.32 Å². The molecule has 5 rings (SSSR count). The zero-order chi connectivity index (χ0) is 22.2. The van der Waals surface area contributed by atoms with E-state index in [9.17, 15) is 19.5 Å². The quantitative estimate of drug-likeness (QED) is 0.256. The summed E-state index contributed by atoms with van der Waals surface area (Å²) in [5.41, 5.74) is 1.98. The van der Waals surface area contributed by atoms with Gasteiger partial charge < -0.3 is 10.4 Å². The fraction of sp³-hybridized carbons (Fsp3) is 0.263. The molecule has 0 aromatic carbocycles. The van der Waals surface area contributed by atoms with Gasteiger partial charge in [0.1, 0.15) is 39.5 Å². The molecule has 0 spiro atoms. The minimum Gasteiger partial charge on any atom is -0.477 e. The molecule has 2 aliphatic heterocycles. The highest BCUT2D eigenvalue weighted by Gasteiger charge is 2.54. The second-order valence-electron chi connectivity index (χ2n) is 7.07. The molecule has 2 atom stereocenters. The number of carbonyl (C=O) groups excluding carboxylic acids is 2. The van der Waals surface area contributed by atoms with Crippen molar-refractivity contribution in [1.82, 2.24) is 30.4 Å². The maximum Gasteiger partial charge on any atom is 0.352 e. The number of aromatic amines is 1. The molecule has 1 saturated heterocycles. The number of fused-ring (bicyclic) bond motifs is 2. The number of hydrogen-bond acceptors (Lipinski definition) is 9. The summed E-state index contributed by atoms with van der Waals surface area (Å²) in [6, 6.07) is 3.00. The zero-order valence-electron chi connectivity index (χ0n) is 16.3. The normalized spacial score (nSPS) is 20.2. The van der Waals surface area contributed by atoms with Crippen molar-refractivity contribution < 1.29 is 19.5 Å². The van der Waals surface area contributed by atoms with Gasteiger partial charge in [0.15, 0.2) is 0 Å². The first-order valence-electron chi connectivity index (χ1n) is 9.51. The zero-order valence-corrected chi connectivity index (χ0v) is 18.8. The number of hydrogen-bond donors (Lipinski definition) is 3. The summed E-state index contributed by atoms with van der Waals surface area (Å²) < 4.78 is 0. The van der Waals surface area contributed by atoms with Crippen LogP contribution in [0.2, 0.25) is 0 Å². The first-order valence-corrected chi connectivity index (χ1v) is 12.4. The van der Waals surface area contributed by atoms with Crippen LogP contribution in [-0.2, 0) is 20.8 Å². The molecule has 164 valence electrons. The van der Waals surface area contributed by atoms with E-state index in [1.165, 1.54) is 46.1 Å². The van der Waals surface area contributed by atoms with Gasteiger partial charge in [-0.3, -0.25) is 19.6 Å². The van der Waals surface area contributed by atoms with Gasteiger partial charge in [-0.2, -0.15) is 5.10 Å². The first kappa shape index (κ1) is 21.0. The maximum atomic E-state index is 12.8. The van der Waals surface area contributed by atoms with E-state index in [1.807, 2.05) is 17.5 Å². The lowest BCUT2D eigenvalue weighted by molar-refractivity contribution is -0.150. The van der Waals surface area contributed by atoms with Crippen molar-refractivity contribution in [2.75, 3.05) is 11.5 Å². The van der Waals surface area contributed by atoms with Gasteiger partial charge >= 0.3 is 5.97 Å². The van der Waals surface area contributed by atoms with E-state index >= 15 is 0 Å². The van der Waals surface area contributed by atoms with E-state index in [0.29, 0.717) is 33.1 Å². The van der Waals surface area contributed by atoms with Crippen molar-refractivity contribution in [2.45, 2.75) is 22.9 Å². The van der Waals surface area contributed by atoms with Crippen molar-refractivity contribution in [1.29, 1.82) is 0 Å². The topological polar surface area (TPSA) is 141 Å². The number of nitrogens with zero attached hydrogens (tertiary/aromatic N) is 4. The Bertz CT molecular complexity index is 1240. The molecule has 0 aliphatic carbocycles. The van der Waals surface area contributed by atoms with E-state index in [1.54, 1.807) is 6.20 Å². The van der Waals surface area contributed by atoms with Gasteiger partial charge in [0.25, 0.3) is 5.91 Å². The molecule has 3 N–H and O–H groups in total. The van der Waals surface area contributed by atoms with Crippen LogP contribution in [0.3, 0.4) is 0 Å². The molecule has 13 heteroatoms. The number of aromatic nitrogens is 4. The summed E-state index contributed by atoms with van der Waals surface area (Å²) in [6.07, 6.45) is 3.22. The highest BCUT2D eigenvalue weighted by molar-refractivity contribution is 8.01. The van der Waals surface area contributed by atoms with Crippen LogP contribution in [0, 0.1) is 0 Å². The molecule has 10 nitrogen and oxygen atoms in total. The Hall–Kier alpha value is -2.90. The van der Waals surface area contributed by atoms with E-state index < -0.39 is 23.3 Å². The Morgan fingerprint density at radius 1 is 1.38 bits per heavy atom. The second-order valence-corrected chi connectivity index (χ2v) is 10.2. The molecule has 3 aromatic heterocycles. The number of nitrogens with one attached hydrogen (secondary N) is 2. The summed E-state index contributed by atoms with van der Waals surface area (Å²) >= 11 is 4.28. The number of rotatable bonds is 7. The van der Waals surface area contributed by atoms with Crippen LogP contribution in [0.5, 0.6) is 0 Å². The third kappa shape index (κ3) is 3.76. The number of amides is 2. The Labute approximate surface area is 193 Å². The van der Waals surface area contributed by atoms with Crippen LogP contribution in [-0.4, -0.2) is 70.9 Å². The van der Waals surface area contributed by atoms with Crippen molar-refractivity contribution in [3.63, 3.8) is 0 Å². The molecule has 0 radical (unpaired) electrons. The van der Waals surface area contributed by atoms with Gasteiger partial charge in [-0.1, -0.05) is 17.8 Å². The fourth-order valence-electron chi connectivity index (χ4n) is 3.60. The molecular weight excluding hydrogens is 472 g/mol. The number of carboxylic acid groups (broad SMARTS) is 1.